The maximum absolute atomic E-state index is 12.7. The van der Waals surface area contributed by atoms with E-state index in [0.29, 0.717) is 17.5 Å². The average molecular weight is 279 g/mol. The zero-order valence-corrected chi connectivity index (χ0v) is 11.2. The Morgan fingerprint density at radius 3 is 1.71 bits per heavy atom. The number of rotatable bonds is 1. The summed E-state index contributed by atoms with van der Waals surface area (Å²) in [6.07, 6.45) is 8.41. The van der Waals surface area contributed by atoms with Gasteiger partial charge in [-0.15, -0.1) is 0 Å². The molecule has 104 valence electrons. The van der Waals surface area contributed by atoms with Gasteiger partial charge in [0.25, 0.3) is 0 Å². The van der Waals surface area contributed by atoms with Crippen LogP contribution in [0.4, 0.5) is 0 Å². The van der Waals surface area contributed by atoms with Gasteiger partial charge < -0.3 is 0 Å². The highest BCUT2D eigenvalue weighted by Gasteiger charge is 2.47. The quantitative estimate of drug-likeness (QED) is 0.738. The molecule has 2 aliphatic heterocycles. The van der Waals surface area contributed by atoms with Gasteiger partial charge in [0.1, 0.15) is 0 Å². The van der Waals surface area contributed by atoms with Gasteiger partial charge in [-0.1, -0.05) is 42.5 Å². The van der Waals surface area contributed by atoms with E-state index in [1.807, 2.05) is 18.2 Å². The monoisotopic (exact) mass is 279 g/mol. The van der Waals surface area contributed by atoms with Crippen LogP contribution < -0.4 is 11.4 Å². The van der Waals surface area contributed by atoms with Crippen LogP contribution in [-0.4, -0.2) is 13.9 Å². The molecule has 2 bridgehead atoms. The second-order valence-corrected chi connectivity index (χ2v) is 5.83. The SMILES string of the molecule is O=c1n(-c2ccccc2)c(=O)n2n1[C@H]1C=C[C@H]2[C@H]2C=C[C@H]21. The standard InChI is InChI=1S/C16H13N3O2/c20-15-17(10-4-2-1-3-5-10)16(21)19-14-9-8-13(18(15)19)11-6-7-12(11)14/h1-9,11-14H/t11-,12+,13-,14-/m0/s1. The minimum absolute atomic E-state index is 0.0323. The first-order chi connectivity index (χ1) is 10.3. The lowest BCUT2D eigenvalue weighted by Gasteiger charge is -2.47. The van der Waals surface area contributed by atoms with Crippen molar-refractivity contribution in [3.05, 3.63) is 75.6 Å². The van der Waals surface area contributed by atoms with Crippen molar-refractivity contribution in [1.29, 1.82) is 0 Å². The summed E-state index contributed by atoms with van der Waals surface area (Å²) in [5, 5.41) is 0. The highest BCUT2D eigenvalue weighted by Crippen LogP contribution is 2.49. The average Bonchev–Trinajstić information content (AvgIpc) is 2.73. The Morgan fingerprint density at radius 1 is 0.714 bits per heavy atom. The number of para-hydroxylation sites is 1. The van der Waals surface area contributed by atoms with Gasteiger partial charge in [0, 0.05) is 11.8 Å². The summed E-state index contributed by atoms with van der Waals surface area (Å²) < 4.78 is 4.53. The first kappa shape index (κ1) is 11.1. The molecule has 1 aromatic heterocycles. The highest BCUT2D eigenvalue weighted by atomic mass is 16.2. The minimum atomic E-state index is -0.246. The zero-order valence-electron chi connectivity index (χ0n) is 11.2. The molecular weight excluding hydrogens is 266 g/mol. The van der Waals surface area contributed by atoms with Crippen molar-refractivity contribution in [2.24, 2.45) is 11.8 Å². The van der Waals surface area contributed by atoms with E-state index in [1.54, 1.807) is 21.5 Å². The van der Waals surface area contributed by atoms with Gasteiger partial charge in [0.2, 0.25) is 0 Å². The summed E-state index contributed by atoms with van der Waals surface area (Å²) in [6, 6.07) is 9.05. The fourth-order valence-electron chi connectivity index (χ4n) is 3.84. The lowest BCUT2D eigenvalue weighted by Crippen LogP contribution is -2.50. The van der Waals surface area contributed by atoms with Gasteiger partial charge in [0.15, 0.2) is 0 Å². The van der Waals surface area contributed by atoms with Gasteiger partial charge in [-0.2, -0.15) is 0 Å². The van der Waals surface area contributed by atoms with Crippen LogP contribution >= 0.6 is 0 Å². The summed E-state index contributed by atoms with van der Waals surface area (Å²) in [7, 11) is 0. The van der Waals surface area contributed by atoms with Crippen molar-refractivity contribution < 1.29 is 0 Å². The lowest BCUT2D eigenvalue weighted by molar-refractivity contribution is 0.138. The number of allylic oxidation sites excluding steroid dienone is 4. The van der Waals surface area contributed by atoms with Crippen molar-refractivity contribution in [3.8, 4) is 5.69 Å². The topological polar surface area (TPSA) is 48.9 Å². The molecule has 6 rings (SSSR count). The van der Waals surface area contributed by atoms with Crippen LogP contribution in [0, 0.1) is 11.8 Å². The van der Waals surface area contributed by atoms with Crippen molar-refractivity contribution in [2.75, 3.05) is 0 Å². The molecule has 2 aliphatic carbocycles. The molecule has 0 saturated heterocycles. The van der Waals surface area contributed by atoms with Gasteiger partial charge in [0.05, 0.1) is 17.8 Å². The third-order valence-electron chi connectivity index (χ3n) is 4.88. The van der Waals surface area contributed by atoms with Crippen LogP contribution in [0.2, 0.25) is 0 Å². The molecule has 21 heavy (non-hydrogen) atoms. The van der Waals surface area contributed by atoms with Crippen LogP contribution in [0.15, 0.2) is 64.2 Å². The molecule has 3 heterocycles. The maximum Gasteiger partial charge on any atom is 0.352 e. The van der Waals surface area contributed by atoms with Gasteiger partial charge in [-0.05, 0) is 12.1 Å². The summed E-state index contributed by atoms with van der Waals surface area (Å²) >= 11 is 0. The molecule has 2 aromatic rings. The molecule has 0 radical (unpaired) electrons. The number of hydrogen-bond acceptors (Lipinski definition) is 2. The Hall–Kier alpha value is -2.56. The normalized spacial score (nSPS) is 30.9. The van der Waals surface area contributed by atoms with Crippen molar-refractivity contribution in [3.63, 3.8) is 0 Å². The molecular formula is C16H13N3O2. The van der Waals surface area contributed by atoms with E-state index in [2.05, 4.69) is 24.3 Å². The van der Waals surface area contributed by atoms with Crippen LogP contribution in [0.1, 0.15) is 12.1 Å². The van der Waals surface area contributed by atoms with Gasteiger partial charge in [-0.25, -0.2) is 23.5 Å². The van der Waals surface area contributed by atoms with E-state index >= 15 is 0 Å². The van der Waals surface area contributed by atoms with E-state index in [-0.39, 0.29) is 23.5 Å². The lowest BCUT2D eigenvalue weighted by atomic mass is 9.68. The summed E-state index contributed by atoms with van der Waals surface area (Å²) in [5.74, 6) is 0.701. The predicted octanol–water partition coefficient (Wildman–Crippen LogP) is 1.27. The number of aromatic nitrogens is 3. The largest absolute Gasteiger partial charge is 0.352 e. The van der Waals surface area contributed by atoms with E-state index in [9.17, 15) is 9.59 Å². The van der Waals surface area contributed by atoms with Crippen LogP contribution in [0.25, 0.3) is 5.69 Å². The molecule has 4 atom stereocenters. The molecule has 0 spiro atoms. The molecule has 5 nitrogen and oxygen atoms in total. The first-order valence-corrected chi connectivity index (χ1v) is 7.15. The Kier molecular flexibility index (Phi) is 1.88. The highest BCUT2D eigenvalue weighted by molar-refractivity contribution is 5.33. The Labute approximate surface area is 120 Å². The Balaban J connectivity index is 1.83. The molecule has 5 heteroatoms. The van der Waals surface area contributed by atoms with Gasteiger partial charge >= 0.3 is 11.4 Å². The molecule has 0 unspecified atom stereocenters. The number of nitrogens with zero attached hydrogens (tertiary/aromatic N) is 3. The summed E-state index contributed by atoms with van der Waals surface area (Å²) in [5.41, 5.74) is 0.134. The molecule has 0 N–H and O–H groups in total. The van der Waals surface area contributed by atoms with Crippen LogP contribution in [0.5, 0.6) is 0 Å². The predicted molar refractivity (Wildman–Crippen MR) is 77.6 cm³/mol. The van der Waals surface area contributed by atoms with E-state index in [0.717, 1.165) is 0 Å². The van der Waals surface area contributed by atoms with Crippen molar-refractivity contribution in [2.45, 2.75) is 12.1 Å². The van der Waals surface area contributed by atoms with Crippen LogP contribution in [0.3, 0.4) is 0 Å². The van der Waals surface area contributed by atoms with E-state index < -0.39 is 0 Å². The molecule has 0 saturated carbocycles. The first-order valence-electron chi connectivity index (χ1n) is 7.15. The third-order valence-corrected chi connectivity index (χ3v) is 4.88. The summed E-state index contributed by atoms with van der Waals surface area (Å²) in [6.45, 7) is 0. The van der Waals surface area contributed by atoms with E-state index in [1.165, 1.54) is 4.57 Å². The van der Waals surface area contributed by atoms with Gasteiger partial charge in [-0.3, -0.25) is 0 Å². The molecule has 1 aromatic carbocycles. The number of hydrogen-bond donors (Lipinski definition) is 0. The minimum Gasteiger partial charge on any atom is -0.245 e. The van der Waals surface area contributed by atoms with Crippen molar-refractivity contribution in [1.82, 2.24) is 13.9 Å². The molecule has 4 aliphatic rings. The third kappa shape index (κ3) is 1.18. The molecule has 0 amide bonds. The maximum atomic E-state index is 12.7. The fourth-order valence-corrected chi connectivity index (χ4v) is 3.84. The zero-order chi connectivity index (χ0) is 14.1. The second kappa shape index (κ2) is 3.55. The fraction of sp³-hybridized carbons (Fsp3) is 0.250. The second-order valence-electron chi connectivity index (χ2n) is 5.83. The van der Waals surface area contributed by atoms with E-state index in [4.69, 9.17) is 0 Å². The number of benzene rings is 1. The molecule has 0 fully saturated rings. The Bertz CT molecular complexity index is 860. The summed E-state index contributed by atoms with van der Waals surface area (Å²) in [4.78, 5) is 25.5. The Morgan fingerprint density at radius 2 is 1.24 bits per heavy atom. The smallest absolute Gasteiger partial charge is 0.245 e. The van der Waals surface area contributed by atoms with Crippen LogP contribution in [-0.2, 0) is 0 Å². The van der Waals surface area contributed by atoms with Crippen molar-refractivity contribution >= 4 is 0 Å².